The fourth-order valence-electron chi connectivity index (χ4n) is 2.22. The van der Waals surface area contributed by atoms with E-state index >= 15 is 0 Å². The van der Waals surface area contributed by atoms with Gasteiger partial charge in [-0.25, -0.2) is 0 Å². The molecule has 6 heteroatoms. The molecule has 0 radical (unpaired) electrons. The summed E-state index contributed by atoms with van der Waals surface area (Å²) in [5, 5.41) is 4.41. The van der Waals surface area contributed by atoms with Gasteiger partial charge in [0, 0.05) is 13.6 Å². The number of hydrogen-bond acceptors (Lipinski definition) is 4. The number of aromatic nitrogens is 2. The van der Waals surface area contributed by atoms with Gasteiger partial charge in [-0.15, -0.1) is 0 Å². The van der Waals surface area contributed by atoms with Gasteiger partial charge in [0.25, 0.3) is 0 Å². The smallest absolute Gasteiger partial charge is 0.137 e. The monoisotopic (exact) mass is 278 g/mol. The Balaban J connectivity index is 2.40. The summed E-state index contributed by atoms with van der Waals surface area (Å²) in [5.41, 5.74) is 7.51. The summed E-state index contributed by atoms with van der Waals surface area (Å²) in [5.74, 6) is 1.83. The van der Waals surface area contributed by atoms with Crippen molar-refractivity contribution in [3.05, 3.63) is 35.4 Å². The first-order chi connectivity index (χ1) is 9.04. The van der Waals surface area contributed by atoms with E-state index in [1.165, 1.54) is 0 Å². The Hall–Kier alpha value is -1.82. The fraction of sp³-hybridized carbons (Fsp3) is 0.385. The van der Waals surface area contributed by atoms with Crippen molar-refractivity contribution in [2.45, 2.75) is 20.4 Å². The Morgan fingerprint density at radius 3 is 2.84 bits per heavy atom. The van der Waals surface area contributed by atoms with Crippen molar-refractivity contribution in [2.75, 3.05) is 11.4 Å². The van der Waals surface area contributed by atoms with Gasteiger partial charge in [-0.1, -0.05) is 12.2 Å². The number of rotatable bonds is 5. The van der Waals surface area contributed by atoms with Crippen molar-refractivity contribution in [3.8, 4) is 0 Å². The van der Waals surface area contributed by atoms with Crippen LogP contribution in [0.1, 0.15) is 23.9 Å². The van der Waals surface area contributed by atoms with Crippen molar-refractivity contribution < 1.29 is 4.42 Å². The van der Waals surface area contributed by atoms with Crippen LogP contribution >= 0.6 is 12.2 Å². The molecule has 0 aliphatic heterocycles. The minimum Gasteiger partial charge on any atom is -0.467 e. The lowest BCUT2D eigenvalue weighted by atomic mass is 10.2. The molecule has 0 aliphatic rings. The zero-order chi connectivity index (χ0) is 14.0. The minimum absolute atomic E-state index is 0.374. The molecule has 0 aromatic carbocycles. The van der Waals surface area contributed by atoms with E-state index in [1.54, 1.807) is 6.26 Å². The second kappa shape index (κ2) is 5.44. The van der Waals surface area contributed by atoms with Crippen LogP contribution in [0.5, 0.6) is 0 Å². The lowest BCUT2D eigenvalue weighted by Gasteiger charge is -2.23. The van der Waals surface area contributed by atoms with E-state index in [4.69, 9.17) is 22.4 Å². The van der Waals surface area contributed by atoms with E-state index in [2.05, 4.69) is 16.9 Å². The standard InChI is InChI=1S/C13H18N4OS/c1-4-17(8-10-6-5-7-18-10)13-11(12(14)19)9(2)15-16(13)3/h5-7H,4,8H2,1-3H3,(H2,14,19). The van der Waals surface area contributed by atoms with Crippen LogP contribution in [-0.4, -0.2) is 21.3 Å². The molecule has 2 N–H and O–H groups in total. The average molecular weight is 278 g/mol. The minimum atomic E-state index is 0.374. The first kappa shape index (κ1) is 13.6. The maximum atomic E-state index is 5.82. The zero-order valence-electron chi connectivity index (χ0n) is 11.4. The van der Waals surface area contributed by atoms with E-state index < -0.39 is 0 Å². The zero-order valence-corrected chi connectivity index (χ0v) is 12.2. The molecule has 102 valence electrons. The highest BCUT2D eigenvalue weighted by atomic mass is 32.1. The molecule has 0 unspecified atom stereocenters. The van der Waals surface area contributed by atoms with Gasteiger partial charge in [-0.3, -0.25) is 4.68 Å². The third kappa shape index (κ3) is 2.63. The van der Waals surface area contributed by atoms with Crippen LogP contribution < -0.4 is 10.6 Å². The van der Waals surface area contributed by atoms with Gasteiger partial charge in [-0.05, 0) is 26.0 Å². The summed E-state index contributed by atoms with van der Waals surface area (Å²) < 4.78 is 7.21. The Morgan fingerprint density at radius 2 is 2.32 bits per heavy atom. The molecule has 19 heavy (non-hydrogen) atoms. The first-order valence-corrected chi connectivity index (χ1v) is 6.56. The van der Waals surface area contributed by atoms with Gasteiger partial charge in [0.05, 0.1) is 24.1 Å². The summed E-state index contributed by atoms with van der Waals surface area (Å²) in [6, 6.07) is 3.83. The van der Waals surface area contributed by atoms with Crippen molar-refractivity contribution >= 4 is 23.0 Å². The fourth-order valence-corrected chi connectivity index (χ4v) is 2.46. The Morgan fingerprint density at radius 1 is 1.58 bits per heavy atom. The summed E-state index contributed by atoms with van der Waals surface area (Å²) in [6.45, 7) is 5.47. The molecule has 2 rings (SSSR count). The average Bonchev–Trinajstić information content (AvgIpc) is 2.93. The van der Waals surface area contributed by atoms with Crippen LogP contribution in [0, 0.1) is 6.92 Å². The Labute approximate surface area is 118 Å². The van der Waals surface area contributed by atoms with Crippen molar-refractivity contribution in [1.29, 1.82) is 0 Å². The molecule has 0 amide bonds. The maximum Gasteiger partial charge on any atom is 0.137 e. The second-order valence-corrected chi connectivity index (χ2v) is 4.81. The third-order valence-electron chi connectivity index (χ3n) is 3.05. The maximum absolute atomic E-state index is 5.82. The summed E-state index contributed by atoms with van der Waals surface area (Å²) in [7, 11) is 1.90. The molecule has 2 heterocycles. The molecule has 0 saturated carbocycles. The highest BCUT2D eigenvalue weighted by molar-refractivity contribution is 7.80. The van der Waals surface area contributed by atoms with Gasteiger partial charge in [0.15, 0.2) is 0 Å². The van der Waals surface area contributed by atoms with Crippen molar-refractivity contribution in [3.63, 3.8) is 0 Å². The molecule has 0 bridgehead atoms. The van der Waals surface area contributed by atoms with Gasteiger partial charge in [0.1, 0.15) is 16.6 Å². The van der Waals surface area contributed by atoms with Crippen LogP contribution in [0.3, 0.4) is 0 Å². The molecule has 0 fully saturated rings. The SMILES string of the molecule is CCN(Cc1ccco1)c1c(C(N)=S)c(C)nn1C. The Kier molecular flexibility index (Phi) is 3.90. The van der Waals surface area contributed by atoms with Crippen molar-refractivity contribution in [2.24, 2.45) is 12.8 Å². The van der Waals surface area contributed by atoms with Crippen LogP contribution in [0.2, 0.25) is 0 Å². The molecular weight excluding hydrogens is 260 g/mol. The van der Waals surface area contributed by atoms with Crippen molar-refractivity contribution in [1.82, 2.24) is 9.78 Å². The quantitative estimate of drug-likeness (QED) is 0.847. The molecular formula is C13H18N4OS. The number of nitrogens with zero attached hydrogens (tertiary/aromatic N) is 3. The second-order valence-electron chi connectivity index (χ2n) is 4.37. The van der Waals surface area contributed by atoms with Gasteiger partial charge in [-0.2, -0.15) is 5.10 Å². The van der Waals surface area contributed by atoms with Crippen LogP contribution in [-0.2, 0) is 13.6 Å². The molecule has 0 aliphatic carbocycles. The normalized spacial score (nSPS) is 10.7. The predicted octanol–water partition coefficient (Wildman–Crippen LogP) is 1.98. The molecule has 2 aromatic rings. The van der Waals surface area contributed by atoms with Crippen LogP contribution in [0.25, 0.3) is 0 Å². The number of anilines is 1. The highest BCUT2D eigenvalue weighted by Crippen LogP contribution is 2.24. The highest BCUT2D eigenvalue weighted by Gasteiger charge is 2.21. The number of hydrogen-bond donors (Lipinski definition) is 1. The van der Waals surface area contributed by atoms with E-state index in [0.29, 0.717) is 11.5 Å². The van der Waals surface area contributed by atoms with E-state index in [9.17, 15) is 0 Å². The lowest BCUT2D eigenvalue weighted by molar-refractivity contribution is 0.501. The molecule has 5 nitrogen and oxygen atoms in total. The molecule has 2 aromatic heterocycles. The molecule has 0 atom stereocenters. The van der Waals surface area contributed by atoms with Crippen LogP contribution in [0.15, 0.2) is 22.8 Å². The van der Waals surface area contributed by atoms with E-state index in [0.717, 1.165) is 29.4 Å². The molecule has 0 saturated heterocycles. The van der Waals surface area contributed by atoms with Gasteiger partial charge < -0.3 is 15.1 Å². The van der Waals surface area contributed by atoms with Gasteiger partial charge >= 0.3 is 0 Å². The largest absolute Gasteiger partial charge is 0.467 e. The third-order valence-corrected chi connectivity index (χ3v) is 3.25. The number of thiocarbonyl (C=S) groups is 1. The Bertz CT molecular complexity index is 574. The predicted molar refractivity (Wildman–Crippen MR) is 79.3 cm³/mol. The van der Waals surface area contributed by atoms with Crippen LogP contribution in [0.4, 0.5) is 5.82 Å². The van der Waals surface area contributed by atoms with E-state index in [1.807, 2.05) is 30.8 Å². The van der Waals surface area contributed by atoms with E-state index in [-0.39, 0.29) is 0 Å². The topological polar surface area (TPSA) is 60.2 Å². The summed E-state index contributed by atoms with van der Waals surface area (Å²) in [6.07, 6.45) is 1.67. The first-order valence-electron chi connectivity index (χ1n) is 6.15. The molecule has 0 spiro atoms. The number of furan rings is 1. The lowest BCUT2D eigenvalue weighted by Crippen LogP contribution is -2.27. The number of aryl methyl sites for hydroxylation is 2. The van der Waals surface area contributed by atoms with Gasteiger partial charge in [0.2, 0.25) is 0 Å². The summed E-state index contributed by atoms with van der Waals surface area (Å²) >= 11 is 5.14. The number of nitrogens with two attached hydrogens (primary N) is 1. The summed E-state index contributed by atoms with van der Waals surface area (Å²) in [4.78, 5) is 2.52.